The number of nitrogens with zero attached hydrogens (tertiary/aromatic N) is 6. The first kappa shape index (κ1) is 38.1. The molecule has 0 saturated carbocycles. The molecule has 0 aliphatic carbocycles. The number of hydrogen-bond donors (Lipinski definition) is 4. The number of nitrogens with one attached hydrogen (secondary N) is 2. The van der Waals surface area contributed by atoms with Crippen LogP contribution in [0, 0.1) is 26.2 Å². The number of aryl methyl sites for hydroxylation is 4. The number of nitrogen functional groups attached to an aromatic ring is 2. The van der Waals surface area contributed by atoms with E-state index in [0.717, 1.165) is 35.0 Å². The highest BCUT2D eigenvalue weighted by molar-refractivity contribution is 7.21. The van der Waals surface area contributed by atoms with Gasteiger partial charge in [0.25, 0.3) is 16.6 Å². The van der Waals surface area contributed by atoms with E-state index in [1.807, 2.05) is 64.4 Å². The van der Waals surface area contributed by atoms with Crippen LogP contribution in [0.2, 0.25) is 0 Å². The van der Waals surface area contributed by atoms with Crippen LogP contribution in [0.25, 0.3) is 20.4 Å². The Kier molecular flexibility index (Phi) is 10.2. The van der Waals surface area contributed by atoms with Gasteiger partial charge >= 0.3 is 0 Å². The average molecular weight is 784 g/mol. The van der Waals surface area contributed by atoms with Gasteiger partial charge in [0.2, 0.25) is 18.4 Å². The van der Waals surface area contributed by atoms with Crippen molar-refractivity contribution in [3.8, 4) is 0 Å². The molecule has 16 heteroatoms. The molecule has 7 rings (SSSR count). The van der Waals surface area contributed by atoms with Crippen LogP contribution in [0.3, 0.4) is 0 Å². The van der Waals surface area contributed by atoms with Gasteiger partial charge < -0.3 is 31.9 Å². The first-order chi connectivity index (χ1) is 26.1. The van der Waals surface area contributed by atoms with Crippen LogP contribution in [0.15, 0.2) is 30.3 Å². The molecule has 14 nitrogen and oxygen atoms in total. The summed E-state index contributed by atoms with van der Waals surface area (Å²) in [6, 6.07) is 9.79. The predicted molar refractivity (Wildman–Crippen MR) is 214 cm³/mol. The molecule has 5 aromatic rings. The number of hydrogen-bond acceptors (Lipinski definition) is 11. The molecule has 0 spiro atoms. The lowest BCUT2D eigenvalue weighted by Gasteiger charge is -2.42. The number of carbonyl (C=O) groups is 4. The topological polar surface area (TPSA) is 193 Å². The van der Waals surface area contributed by atoms with Gasteiger partial charge in [0.05, 0.1) is 40.1 Å². The highest BCUT2D eigenvalue weighted by Crippen LogP contribution is 2.37. The van der Waals surface area contributed by atoms with Gasteiger partial charge in [-0.05, 0) is 49.8 Å². The van der Waals surface area contributed by atoms with Crippen LogP contribution in [0.1, 0.15) is 81.0 Å². The molecule has 55 heavy (non-hydrogen) atoms. The van der Waals surface area contributed by atoms with E-state index >= 15 is 0 Å². The molecule has 288 valence electrons. The maximum absolute atomic E-state index is 13.6. The molecule has 4 aromatic heterocycles. The minimum Gasteiger partial charge on any atom is -0.397 e. The van der Waals surface area contributed by atoms with Gasteiger partial charge in [0.15, 0.2) is 0 Å². The average Bonchev–Trinajstić information content (AvgIpc) is 3.64. The van der Waals surface area contributed by atoms with E-state index in [1.54, 1.807) is 9.80 Å². The number of rotatable bonds is 10. The van der Waals surface area contributed by atoms with E-state index in [9.17, 15) is 19.2 Å². The Morgan fingerprint density at radius 1 is 0.836 bits per heavy atom. The highest BCUT2D eigenvalue weighted by Gasteiger charge is 2.38. The van der Waals surface area contributed by atoms with Gasteiger partial charge in [-0.1, -0.05) is 67.1 Å². The second-order valence-electron chi connectivity index (χ2n) is 15.6. The lowest BCUT2D eigenvalue weighted by atomic mass is 9.92. The Bertz CT molecular complexity index is 2340. The van der Waals surface area contributed by atoms with Gasteiger partial charge in [-0.15, -0.1) is 16.4 Å². The van der Waals surface area contributed by atoms with Crippen LogP contribution in [0.5, 0.6) is 0 Å². The minimum absolute atomic E-state index is 0.0465. The summed E-state index contributed by atoms with van der Waals surface area (Å²) in [7, 11) is 0. The maximum Gasteiger partial charge on any atom is 0.298 e. The van der Waals surface area contributed by atoms with Crippen molar-refractivity contribution in [1.29, 1.82) is 0 Å². The summed E-state index contributed by atoms with van der Waals surface area (Å²) in [5.74, 6) is -0.470. The minimum atomic E-state index is -0.487. The van der Waals surface area contributed by atoms with Crippen molar-refractivity contribution in [2.45, 2.75) is 79.4 Å². The van der Waals surface area contributed by atoms with Crippen LogP contribution in [-0.4, -0.2) is 87.0 Å². The largest absolute Gasteiger partial charge is 0.397 e. The lowest BCUT2D eigenvalue weighted by molar-refractivity contribution is -0.720. The van der Waals surface area contributed by atoms with Crippen molar-refractivity contribution in [2.24, 2.45) is 5.41 Å². The predicted octanol–water partition coefficient (Wildman–Crippen LogP) is 3.68. The summed E-state index contributed by atoms with van der Waals surface area (Å²) < 4.78 is 1.81. The zero-order valence-electron chi connectivity index (χ0n) is 32.0. The SMILES string of the molecule is Cc1nnc2sc(C(=O)NC3CN(C(=O)C(C)(C)C)C3)c(N)c2c1C[n+]1nc(C)c(C)c2c(N)c(C(=O)NC3CN(C(=O)CCCc4ccccc4)C3)sc21. The summed E-state index contributed by atoms with van der Waals surface area (Å²) in [6.07, 6.45) is 2.09. The Hall–Kier alpha value is -5.22. The monoisotopic (exact) mass is 783 g/mol. The number of likely N-dealkylation sites (tertiary alicyclic amines) is 2. The van der Waals surface area contributed by atoms with Crippen LogP contribution >= 0.6 is 22.7 Å². The van der Waals surface area contributed by atoms with E-state index in [0.29, 0.717) is 74.5 Å². The molecule has 2 saturated heterocycles. The van der Waals surface area contributed by atoms with Crippen LogP contribution < -0.4 is 26.8 Å². The number of carbonyl (C=O) groups excluding carboxylic acids is 4. The third-order valence-corrected chi connectivity index (χ3v) is 12.7. The van der Waals surface area contributed by atoms with E-state index in [-0.39, 0.29) is 42.3 Å². The number of thiophene rings is 2. The van der Waals surface area contributed by atoms with Gasteiger partial charge in [-0.3, -0.25) is 19.2 Å². The molecule has 6 heterocycles. The summed E-state index contributed by atoms with van der Waals surface area (Å²) in [4.78, 5) is 57.9. The lowest BCUT2D eigenvalue weighted by Crippen LogP contribution is -2.62. The number of fused-ring (bicyclic) bond motifs is 2. The fourth-order valence-electron chi connectivity index (χ4n) is 7.13. The summed E-state index contributed by atoms with van der Waals surface area (Å²) in [5.41, 5.74) is 17.8. The van der Waals surface area contributed by atoms with E-state index in [4.69, 9.17) is 16.6 Å². The molecule has 4 amide bonds. The Morgan fingerprint density at radius 2 is 1.44 bits per heavy atom. The second-order valence-corrected chi connectivity index (χ2v) is 17.6. The number of anilines is 2. The quantitative estimate of drug-likeness (QED) is 0.153. The molecule has 1 aromatic carbocycles. The fourth-order valence-corrected chi connectivity index (χ4v) is 9.24. The Labute approximate surface area is 327 Å². The zero-order valence-corrected chi connectivity index (χ0v) is 33.6. The van der Waals surface area contributed by atoms with Crippen molar-refractivity contribution in [2.75, 3.05) is 37.6 Å². The zero-order chi connectivity index (χ0) is 39.3. The van der Waals surface area contributed by atoms with E-state index in [2.05, 4.69) is 33.0 Å². The first-order valence-electron chi connectivity index (χ1n) is 18.5. The number of benzene rings is 1. The highest BCUT2D eigenvalue weighted by atomic mass is 32.1. The van der Waals surface area contributed by atoms with Gasteiger partial charge in [-0.2, -0.15) is 5.10 Å². The molecule has 6 N–H and O–H groups in total. The summed E-state index contributed by atoms with van der Waals surface area (Å²) in [6.45, 7) is 13.4. The van der Waals surface area contributed by atoms with Gasteiger partial charge in [0.1, 0.15) is 20.3 Å². The molecule has 2 aliphatic rings. The molecule has 2 fully saturated rings. The van der Waals surface area contributed by atoms with Crippen molar-refractivity contribution >= 4 is 78.1 Å². The smallest absolute Gasteiger partial charge is 0.298 e. The molecule has 0 atom stereocenters. The van der Waals surface area contributed by atoms with Crippen molar-refractivity contribution < 1.29 is 23.9 Å². The Morgan fingerprint density at radius 3 is 2.07 bits per heavy atom. The number of aromatic nitrogens is 4. The molecule has 2 aliphatic heterocycles. The first-order valence-corrected chi connectivity index (χ1v) is 20.1. The molecule has 0 bridgehead atoms. The van der Waals surface area contributed by atoms with Crippen molar-refractivity contribution in [1.82, 2.24) is 35.7 Å². The van der Waals surface area contributed by atoms with E-state index in [1.165, 1.54) is 28.2 Å². The molecule has 0 radical (unpaired) electrons. The van der Waals surface area contributed by atoms with Gasteiger partial charge in [0, 0.05) is 43.4 Å². The molecular formula is C39H47N10O4S2+. The third kappa shape index (κ3) is 7.44. The number of nitrogens with two attached hydrogens (primary N) is 2. The molecule has 0 unspecified atom stereocenters. The normalized spacial score (nSPS) is 14.9. The summed E-state index contributed by atoms with van der Waals surface area (Å²) >= 11 is 2.44. The van der Waals surface area contributed by atoms with Crippen molar-refractivity contribution in [3.63, 3.8) is 0 Å². The van der Waals surface area contributed by atoms with Crippen molar-refractivity contribution in [3.05, 3.63) is 68.2 Å². The maximum atomic E-state index is 13.6. The van der Waals surface area contributed by atoms with Crippen LogP contribution in [0.4, 0.5) is 11.4 Å². The second kappa shape index (κ2) is 14.8. The molecular weight excluding hydrogens is 737 g/mol. The Balaban J connectivity index is 1.06. The standard InChI is InChI=1S/C39H46N10O4S2/c1-20-21(2)46-49(19-26-22(3)44-45-36-29(26)31(41)32(54-36)34(51)43-25-17-48(18-25)38(53)39(4,5)6)37-28(20)30(40)33(55-37)35(52)42-24-15-47(16-24)27(50)14-10-13-23-11-8-7-9-12-23/h7-9,11-12,24-25H,10,13-19H2,1-6H3,(H5-,40,41,42,43,51,52)/p+1. The number of amides is 4. The van der Waals surface area contributed by atoms with E-state index < -0.39 is 5.41 Å². The van der Waals surface area contributed by atoms with Gasteiger partial charge in [-0.25, -0.2) is 0 Å². The fraction of sp³-hybridized carbons (Fsp3) is 0.436. The summed E-state index contributed by atoms with van der Waals surface area (Å²) in [5, 5.41) is 21.1. The third-order valence-electron chi connectivity index (χ3n) is 10.4. The van der Waals surface area contributed by atoms with Crippen LogP contribution in [-0.2, 0) is 22.6 Å².